The quantitative estimate of drug-likeness (QED) is 0.257. The minimum absolute atomic E-state index is 0.0834. The summed E-state index contributed by atoms with van der Waals surface area (Å²) in [6.45, 7) is 4.27. The van der Waals surface area contributed by atoms with E-state index in [1.54, 1.807) is 31.2 Å². The summed E-state index contributed by atoms with van der Waals surface area (Å²) in [5.41, 5.74) is 3.35. The van der Waals surface area contributed by atoms with Gasteiger partial charge >= 0.3 is 5.97 Å². The summed E-state index contributed by atoms with van der Waals surface area (Å²) in [6, 6.07) is 24.9. The third-order valence-electron chi connectivity index (χ3n) is 7.04. The Morgan fingerprint density at radius 1 is 0.976 bits per heavy atom. The fraction of sp³-hybridized carbons (Fsp3) is 0.226. The summed E-state index contributed by atoms with van der Waals surface area (Å²) in [4.78, 5) is 29.4. The molecular weight excluding hydrogens is 558 g/mol. The van der Waals surface area contributed by atoms with E-state index in [0.29, 0.717) is 29.2 Å². The van der Waals surface area contributed by atoms with Crippen molar-refractivity contribution in [1.29, 1.82) is 0 Å². The molecule has 10 heteroatoms. The molecule has 1 N–H and O–H groups in total. The van der Waals surface area contributed by atoms with Gasteiger partial charge in [-0.3, -0.25) is 14.0 Å². The van der Waals surface area contributed by atoms with Crippen molar-refractivity contribution in [1.82, 2.24) is 4.90 Å². The van der Waals surface area contributed by atoms with Crippen LogP contribution in [-0.4, -0.2) is 45.4 Å². The van der Waals surface area contributed by atoms with Crippen molar-refractivity contribution in [3.63, 3.8) is 0 Å². The van der Waals surface area contributed by atoms with Gasteiger partial charge in [-0.15, -0.1) is 11.3 Å². The third-order valence-corrected chi connectivity index (χ3v) is 10.1. The number of carbonyl (C=O) groups is 2. The molecule has 0 saturated carbocycles. The monoisotopic (exact) mass is 589 g/mol. The van der Waals surface area contributed by atoms with Crippen molar-refractivity contribution >= 4 is 43.9 Å². The van der Waals surface area contributed by atoms with Gasteiger partial charge in [0.2, 0.25) is 0 Å². The maximum Gasteiger partial charge on any atom is 0.341 e. The molecule has 3 aromatic carbocycles. The molecule has 4 aromatic rings. The van der Waals surface area contributed by atoms with E-state index in [0.717, 1.165) is 23.5 Å². The lowest BCUT2D eigenvalue weighted by molar-refractivity contribution is 0.0600. The Balaban J connectivity index is 1.35. The lowest BCUT2D eigenvalue weighted by Gasteiger charge is -2.27. The van der Waals surface area contributed by atoms with Gasteiger partial charge in [-0.05, 0) is 60.9 Å². The van der Waals surface area contributed by atoms with E-state index in [1.165, 1.54) is 52.6 Å². The smallest absolute Gasteiger partial charge is 0.341 e. The average Bonchev–Trinajstić information content (AvgIpc) is 3.35. The molecule has 5 rings (SSSR count). The van der Waals surface area contributed by atoms with Crippen LogP contribution in [0.3, 0.4) is 0 Å². The van der Waals surface area contributed by atoms with Crippen molar-refractivity contribution in [2.24, 2.45) is 0 Å². The number of esters is 1. The number of fused-ring (bicyclic) bond motifs is 1. The predicted octanol–water partition coefficient (Wildman–Crippen LogP) is 5.56. The van der Waals surface area contributed by atoms with E-state index in [1.807, 2.05) is 24.3 Å². The van der Waals surface area contributed by atoms with Gasteiger partial charge in [0.15, 0.2) is 0 Å². The molecule has 8 nitrogen and oxygen atoms in total. The number of anilines is 2. The number of para-hydroxylation sites is 1. The van der Waals surface area contributed by atoms with E-state index in [4.69, 9.17) is 4.74 Å². The SMILES string of the molecule is CCN(c1ccccc1)S(=O)(=O)c1ccc(C(=O)Nc2sc3c(c2C(=O)OC)CCN(Cc2ccccc2)C3)cc1. The van der Waals surface area contributed by atoms with Crippen molar-refractivity contribution < 1.29 is 22.7 Å². The molecule has 0 spiro atoms. The first-order valence-electron chi connectivity index (χ1n) is 13.3. The molecule has 0 saturated heterocycles. The zero-order valence-corrected chi connectivity index (χ0v) is 24.5. The van der Waals surface area contributed by atoms with Gasteiger partial charge in [0.25, 0.3) is 15.9 Å². The van der Waals surface area contributed by atoms with Crippen LogP contribution in [0.5, 0.6) is 0 Å². The summed E-state index contributed by atoms with van der Waals surface area (Å²) in [5, 5.41) is 3.32. The fourth-order valence-corrected chi connectivity index (χ4v) is 7.75. The Hall–Kier alpha value is -3.99. The maximum atomic E-state index is 13.3. The van der Waals surface area contributed by atoms with Crippen LogP contribution in [0.25, 0.3) is 0 Å². The van der Waals surface area contributed by atoms with Crippen LogP contribution < -0.4 is 9.62 Å². The van der Waals surface area contributed by atoms with Gasteiger partial charge in [0, 0.05) is 36.6 Å². The minimum Gasteiger partial charge on any atom is -0.465 e. The number of amides is 1. The molecular formula is C31H31N3O5S2. The lowest BCUT2D eigenvalue weighted by atomic mass is 10.0. The van der Waals surface area contributed by atoms with E-state index in [2.05, 4.69) is 22.3 Å². The molecule has 0 unspecified atom stereocenters. The molecule has 0 bridgehead atoms. The summed E-state index contributed by atoms with van der Waals surface area (Å²) < 4.78 is 33.0. The van der Waals surface area contributed by atoms with Gasteiger partial charge in [-0.1, -0.05) is 48.5 Å². The number of benzene rings is 3. The van der Waals surface area contributed by atoms with Crippen LogP contribution in [-0.2, 0) is 34.3 Å². The summed E-state index contributed by atoms with van der Waals surface area (Å²) in [6.07, 6.45) is 0.668. The summed E-state index contributed by atoms with van der Waals surface area (Å²) in [5.74, 6) is -0.925. The Bertz CT molecular complexity index is 1640. The van der Waals surface area contributed by atoms with Gasteiger partial charge in [-0.2, -0.15) is 0 Å². The molecule has 0 aliphatic carbocycles. The second-order valence-electron chi connectivity index (χ2n) is 9.63. The van der Waals surface area contributed by atoms with E-state index in [-0.39, 0.29) is 17.0 Å². The van der Waals surface area contributed by atoms with Gasteiger partial charge in [0.1, 0.15) is 5.00 Å². The zero-order valence-electron chi connectivity index (χ0n) is 22.9. The normalized spacial score (nSPS) is 13.3. The van der Waals surface area contributed by atoms with E-state index >= 15 is 0 Å². The van der Waals surface area contributed by atoms with Crippen molar-refractivity contribution in [3.8, 4) is 0 Å². The van der Waals surface area contributed by atoms with Crippen LogP contribution >= 0.6 is 11.3 Å². The number of rotatable bonds is 9. The molecule has 1 aromatic heterocycles. The molecule has 1 amide bonds. The molecule has 1 aliphatic heterocycles. The minimum atomic E-state index is -3.82. The molecule has 212 valence electrons. The van der Waals surface area contributed by atoms with Crippen molar-refractivity contribution in [2.45, 2.75) is 31.3 Å². The number of ether oxygens (including phenoxy) is 1. The Morgan fingerprint density at radius 3 is 2.27 bits per heavy atom. The third kappa shape index (κ3) is 6.04. The van der Waals surface area contributed by atoms with Gasteiger partial charge < -0.3 is 10.1 Å². The molecule has 2 heterocycles. The maximum absolute atomic E-state index is 13.3. The van der Waals surface area contributed by atoms with Gasteiger partial charge in [0.05, 0.1) is 23.3 Å². The number of sulfonamides is 1. The van der Waals surface area contributed by atoms with E-state index < -0.39 is 21.9 Å². The fourth-order valence-electron chi connectivity index (χ4n) is 5.01. The molecule has 0 fully saturated rings. The number of nitrogens with zero attached hydrogens (tertiary/aromatic N) is 2. The van der Waals surface area contributed by atoms with E-state index in [9.17, 15) is 18.0 Å². The molecule has 41 heavy (non-hydrogen) atoms. The highest BCUT2D eigenvalue weighted by molar-refractivity contribution is 7.92. The number of methoxy groups -OCH3 is 1. The number of nitrogens with one attached hydrogen (secondary N) is 1. The Labute approximate surface area is 244 Å². The molecule has 1 aliphatic rings. The lowest BCUT2D eigenvalue weighted by Crippen LogP contribution is -2.30. The number of hydrogen-bond acceptors (Lipinski definition) is 7. The second kappa shape index (κ2) is 12.3. The van der Waals surface area contributed by atoms with Crippen LogP contribution in [0.15, 0.2) is 89.8 Å². The topological polar surface area (TPSA) is 96.0 Å². The second-order valence-corrected chi connectivity index (χ2v) is 12.6. The number of carbonyl (C=O) groups excluding carboxylic acids is 2. The number of hydrogen-bond donors (Lipinski definition) is 1. The molecule has 0 atom stereocenters. The Kier molecular flexibility index (Phi) is 8.53. The van der Waals surface area contributed by atoms with Crippen LogP contribution in [0.4, 0.5) is 10.7 Å². The first-order valence-corrected chi connectivity index (χ1v) is 15.6. The largest absolute Gasteiger partial charge is 0.465 e. The van der Waals surface area contributed by atoms with Crippen molar-refractivity contribution in [3.05, 3.63) is 112 Å². The summed E-state index contributed by atoms with van der Waals surface area (Å²) >= 11 is 1.38. The highest BCUT2D eigenvalue weighted by Gasteiger charge is 2.30. The van der Waals surface area contributed by atoms with Crippen LogP contribution in [0, 0.1) is 0 Å². The average molecular weight is 590 g/mol. The first-order chi connectivity index (χ1) is 19.8. The first kappa shape index (κ1) is 28.5. The van der Waals surface area contributed by atoms with Crippen LogP contribution in [0.2, 0.25) is 0 Å². The van der Waals surface area contributed by atoms with Gasteiger partial charge in [-0.25, -0.2) is 13.2 Å². The highest BCUT2D eigenvalue weighted by Crippen LogP contribution is 2.38. The number of thiophene rings is 1. The Morgan fingerprint density at radius 2 is 1.63 bits per heavy atom. The summed E-state index contributed by atoms with van der Waals surface area (Å²) in [7, 11) is -2.49. The zero-order chi connectivity index (χ0) is 29.0. The highest BCUT2D eigenvalue weighted by atomic mass is 32.2. The predicted molar refractivity (Wildman–Crippen MR) is 161 cm³/mol. The standard InChI is InChI=1S/C31H31N3O5S2/c1-3-34(24-12-8-5-9-13-24)41(37,38)25-16-14-23(15-17-25)29(35)32-30-28(31(36)39-2)26-18-19-33(21-27(26)40-30)20-22-10-6-4-7-11-22/h4-17H,3,18-21H2,1-2H3,(H,32,35). The van der Waals surface area contributed by atoms with Crippen LogP contribution in [0.1, 0.15) is 43.6 Å². The van der Waals surface area contributed by atoms with Crippen molar-refractivity contribution in [2.75, 3.05) is 29.8 Å². The molecule has 0 radical (unpaired) electrons.